The second-order valence-electron chi connectivity index (χ2n) is 7.72. The predicted octanol–water partition coefficient (Wildman–Crippen LogP) is 2.74. The molecule has 3 amide bonds. The Morgan fingerprint density at radius 3 is 2.59 bits per heavy atom. The maximum atomic E-state index is 13.7. The second kappa shape index (κ2) is 7.74. The molecule has 0 aromatic heterocycles. The highest BCUT2D eigenvalue weighted by molar-refractivity contribution is 5.80. The van der Waals surface area contributed by atoms with Gasteiger partial charge in [-0.1, -0.05) is 0 Å². The van der Waals surface area contributed by atoms with Crippen LogP contribution in [0.15, 0.2) is 18.2 Å². The van der Waals surface area contributed by atoms with Crippen molar-refractivity contribution in [3.63, 3.8) is 0 Å². The molecular formula is C20H26FN3O3. The SMILES string of the molecule is O=C(NC1CC1)C1CCN(C(=O)N[C@@H]2CCCOc3ccc(F)cc32)CC1. The van der Waals surface area contributed by atoms with Gasteiger partial charge in [-0.25, -0.2) is 9.18 Å². The summed E-state index contributed by atoms with van der Waals surface area (Å²) >= 11 is 0. The van der Waals surface area contributed by atoms with E-state index in [2.05, 4.69) is 10.6 Å². The number of ether oxygens (including phenoxy) is 1. The van der Waals surface area contributed by atoms with Crippen LogP contribution in [0.4, 0.5) is 9.18 Å². The fourth-order valence-electron chi connectivity index (χ4n) is 3.83. The number of carbonyl (C=O) groups is 2. The highest BCUT2D eigenvalue weighted by Crippen LogP contribution is 2.32. The summed E-state index contributed by atoms with van der Waals surface area (Å²) in [6.45, 7) is 1.69. The Morgan fingerprint density at radius 1 is 1.07 bits per heavy atom. The van der Waals surface area contributed by atoms with Crippen molar-refractivity contribution in [2.45, 2.75) is 50.6 Å². The number of urea groups is 1. The van der Waals surface area contributed by atoms with Crippen LogP contribution in [0.25, 0.3) is 0 Å². The Labute approximate surface area is 158 Å². The minimum absolute atomic E-state index is 0.00393. The molecule has 4 rings (SSSR count). The Hall–Kier alpha value is -2.31. The van der Waals surface area contributed by atoms with Gasteiger partial charge in [-0.05, 0) is 56.7 Å². The van der Waals surface area contributed by atoms with Crippen LogP contribution in [0.5, 0.6) is 5.75 Å². The van der Waals surface area contributed by atoms with Crippen molar-refractivity contribution in [2.75, 3.05) is 19.7 Å². The maximum absolute atomic E-state index is 13.7. The third-order valence-electron chi connectivity index (χ3n) is 5.62. The van der Waals surface area contributed by atoms with Crippen LogP contribution in [0, 0.1) is 11.7 Å². The van der Waals surface area contributed by atoms with E-state index in [-0.39, 0.29) is 29.7 Å². The van der Waals surface area contributed by atoms with Gasteiger partial charge in [0.1, 0.15) is 11.6 Å². The molecule has 0 radical (unpaired) electrons. The van der Waals surface area contributed by atoms with Gasteiger partial charge in [-0.3, -0.25) is 4.79 Å². The van der Waals surface area contributed by atoms with Crippen LogP contribution in [0.3, 0.4) is 0 Å². The molecule has 6 nitrogen and oxygen atoms in total. The van der Waals surface area contributed by atoms with Crippen molar-refractivity contribution < 1.29 is 18.7 Å². The van der Waals surface area contributed by atoms with Crippen molar-refractivity contribution in [1.29, 1.82) is 0 Å². The van der Waals surface area contributed by atoms with Crippen LogP contribution in [-0.2, 0) is 4.79 Å². The van der Waals surface area contributed by atoms with E-state index >= 15 is 0 Å². The number of likely N-dealkylation sites (tertiary alicyclic amines) is 1. The number of amides is 3. The second-order valence-corrected chi connectivity index (χ2v) is 7.72. The van der Waals surface area contributed by atoms with Gasteiger partial charge >= 0.3 is 6.03 Å². The number of fused-ring (bicyclic) bond motifs is 1. The largest absolute Gasteiger partial charge is 0.493 e. The lowest BCUT2D eigenvalue weighted by Gasteiger charge is -2.32. The van der Waals surface area contributed by atoms with Gasteiger partial charge < -0.3 is 20.3 Å². The fraction of sp³-hybridized carbons (Fsp3) is 0.600. The fourth-order valence-corrected chi connectivity index (χ4v) is 3.83. The molecule has 27 heavy (non-hydrogen) atoms. The standard InChI is InChI=1S/C20H26FN3O3/c21-14-3-6-18-16(12-14)17(2-1-11-27-18)23-20(26)24-9-7-13(8-10-24)19(25)22-15-4-5-15/h3,6,12-13,15,17H,1-2,4-5,7-11H2,(H,22,25)(H,23,26)/t17-/m1/s1. The zero-order valence-corrected chi connectivity index (χ0v) is 15.4. The van der Waals surface area contributed by atoms with Crippen LogP contribution in [0.1, 0.15) is 50.1 Å². The summed E-state index contributed by atoms with van der Waals surface area (Å²) in [6.07, 6.45) is 5.05. The molecule has 2 N–H and O–H groups in total. The van der Waals surface area contributed by atoms with Crippen molar-refractivity contribution in [1.82, 2.24) is 15.5 Å². The molecule has 0 unspecified atom stereocenters. The van der Waals surface area contributed by atoms with E-state index in [4.69, 9.17) is 4.74 Å². The molecule has 1 aromatic rings. The molecule has 0 bridgehead atoms. The number of hydrogen-bond acceptors (Lipinski definition) is 3. The molecule has 2 heterocycles. The summed E-state index contributed by atoms with van der Waals surface area (Å²) < 4.78 is 19.4. The molecule has 2 aliphatic heterocycles. The van der Waals surface area contributed by atoms with Crippen molar-refractivity contribution in [3.8, 4) is 5.75 Å². The molecule has 146 valence electrons. The van der Waals surface area contributed by atoms with Gasteiger partial charge in [0.25, 0.3) is 0 Å². The normalized spacial score (nSPS) is 23.0. The van der Waals surface area contributed by atoms with E-state index < -0.39 is 0 Å². The summed E-state index contributed by atoms with van der Waals surface area (Å²) in [5.74, 6) is 0.425. The number of nitrogens with one attached hydrogen (secondary N) is 2. The molecule has 0 spiro atoms. The highest BCUT2D eigenvalue weighted by atomic mass is 19.1. The van der Waals surface area contributed by atoms with Gasteiger partial charge in [0.15, 0.2) is 0 Å². The smallest absolute Gasteiger partial charge is 0.317 e. The molecule has 1 saturated heterocycles. The van der Waals surface area contributed by atoms with Gasteiger partial charge in [-0.2, -0.15) is 0 Å². The first-order valence-electron chi connectivity index (χ1n) is 9.88. The van der Waals surface area contributed by atoms with E-state index in [1.165, 1.54) is 12.1 Å². The molecule has 1 aromatic carbocycles. The first kappa shape index (κ1) is 18.1. The third-order valence-corrected chi connectivity index (χ3v) is 5.62. The first-order chi connectivity index (χ1) is 13.1. The van der Waals surface area contributed by atoms with Gasteiger partial charge in [0, 0.05) is 30.6 Å². The van der Waals surface area contributed by atoms with Gasteiger partial charge in [-0.15, -0.1) is 0 Å². The van der Waals surface area contributed by atoms with E-state index in [1.807, 2.05) is 0 Å². The lowest BCUT2D eigenvalue weighted by molar-refractivity contribution is -0.126. The van der Waals surface area contributed by atoms with Crippen LogP contribution in [-0.4, -0.2) is 42.6 Å². The summed E-state index contributed by atoms with van der Waals surface area (Å²) in [5.41, 5.74) is 0.694. The summed E-state index contributed by atoms with van der Waals surface area (Å²) in [6, 6.07) is 4.40. The average Bonchev–Trinajstić information content (AvgIpc) is 3.50. The molecule has 1 saturated carbocycles. The predicted molar refractivity (Wildman–Crippen MR) is 97.9 cm³/mol. The topological polar surface area (TPSA) is 70.7 Å². The number of piperidine rings is 1. The molecule has 1 atom stereocenters. The quantitative estimate of drug-likeness (QED) is 0.853. The number of benzene rings is 1. The Morgan fingerprint density at radius 2 is 1.85 bits per heavy atom. The third kappa shape index (κ3) is 4.34. The van der Waals surface area contributed by atoms with Crippen molar-refractivity contribution >= 4 is 11.9 Å². The maximum Gasteiger partial charge on any atom is 0.317 e. The summed E-state index contributed by atoms with van der Waals surface area (Å²) in [4.78, 5) is 26.6. The number of nitrogens with zero attached hydrogens (tertiary/aromatic N) is 1. The Balaban J connectivity index is 1.34. The summed E-state index contributed by atoms with van der Waals surface area (Å²) in [7, 11) is 0. The van der Waals surface area contributed by atoms with E-state index in [0.29, 0.717) is 56.3 Å². The molecular weight excluding hydrogens is 349 g/mol. The monoisotopic (exact) mass is 375 g/mol. The molecule has 7 heteroatoms. The minimum Gasteiger partial charge on any atom is -0.493 e. The average molecular weight is 375 g/mol. The number of halogens is 1. The van der Waals surface area contributed by atoms with Gasteiger partial charge in [0.2, 0.25) is 5.91 Å². The van der Waals surface area contributed by atoms with Crippen LogP contribution in [0.2, 0.25) is 0 Å². The molecule has 2 fully saturated rings. The van der Waals surface area contributed by atoms with Crippen molar-refractivity contribution in [3.05, 3.63) is 29.6 Å². The minimum atomic E-state index is -0.332. The zero-order chi connectivity index (χ0) is 18.8. The highest BCUT2D eigenvalue weighted by Gasteiger charge is 2.32. The zero-order valence-electron chi connectivity index (χ0n) is 15.4. The van der Waals surface area contributed by atoms with Crippen LogP contribution >= 0.6 is 0 Å². The number of rotatable bonds is 3. The van der Waals surface area contributed by atoms with E-state index in [0.717, 1.165) is 19.3 Å². The van der Waals surface area contributed by atoms with Crippen LogP contribution < -0.4 is 15.4 Å². The number of carbonyl (C=O) groups excluding carboxylic acids is 2. The molecule has 1 aliphatic carbocycles. The van der Waals surface area contributed by atoms with Crippen molar-refractivity contribution in [2.24, 2.45) is 5.92 Å². The van der Waals surface area contributed by atoms with Gasteiger partial charge in [0.05, 0.1) is 12.6 Å². The first-order valence-corrected chi connectivity index (χ1v) is 9.88. The number of hydrogen-bond donors (Lipinski definition) is 2. The lowest BCUT2D eigenvalue weighted by atomic mass is 9.96. The molecule has 3 aliphatic rings. The van der Waals surface area contributed by atoms with E-state index in [1.54, 1.807) is 11.0 Å². The Bertz CT molecular complexity index is 714. The summed E-state index contributed by atoms with van der Waals surface area (Å²) in [5, 5.41) is 6.09. The van der Waals surface area contributed by atoms with E-state index in [9.17, 15) is 14.0 Å². The Kier molecular flexibility index (Phi) is 5.18. The lowest BCUT2D eigenvalue weighted by Crippen LogP contribution is -2.47.